The summed E-state index contributed by atoms with van der Waals surface area (Å²) in [6.45, 7) is 4.96. The summed E-state index contributed by atoms with van der Waals surface area (Å²) >= 11 is 1.78. The van der Waals surface area contributed by atoms with E-state index in [1.54, 1.807) is 18.0 Å². The third kappa shape index (κ3) is 3.23. The predicted octanol–water partition coefficient (Wildman–Crippen LogP) is 1.66. The van der Waals surface area contributed by atoms with Crippen LogP contribution in [0.25, 0.3) is 0 Å². The summed E-state index contributed by atoms with van der Waals surface area (Å²) in [7, 11) is 0. The van der Waals surface area contributed by atoms with Gasteiger partial charge < -0.3 is 15.0 Å². The summed E-state index contributed by atoms with van der Waals surface area (Å²) in [4.78, 5) is 7.38. The van der Waals surface area contributed by atoms with Gasteiger partial charge in [-0.25, -0.2) is 4.98 Å². The Morgan fingerprint density at radius 1 is 1.69 bits per heavy atom. The number of ether oxygens (including phenoxy) is 1. The van der Waals surface area contributed by atoms with Gasteiger partial charge in [-0.3, -0.25) is 0 Å². The number of rotatable bonds is 5. The highest BCUT2D eigenvalue weighted by atomic mass is 32.2. The summed E-state index contributed by atoms with van der Waals surface area (Å²) in [5, 5.41) is 5.04. The molecule has 0 radical (unpaired) electrons. The van der Waals surface area contributed by atoms with Crippen LogP contribution in [0.3, 0.4) is 0 Å². The van der Waals surface area contributed by atoms with E-state index in [4.69, 9.17) is 4.74 Å². The van der Waals surface area contributed by atoms with Crippen molar-refractivity contribution in [3.05, 3.63) is 12.4 Å². The second-order valence-electron chi connectivity index (χ2n) is 3.97. The Morgan fingerprint density at radius 3 is 3.38 bits per heavy atom. The lowest BCUT2D eigenvalue weighted by molar-refractivity contribution is 0.0832. The molecular formula is C11H19N3OS. The third-order valence-electron chi connectivity index (χ3n) is 2.70. The number of nitrogens with zero attached hydrogens (tertiary/aromatic N) is 1. The maximum atomic E-state index is 5.54. The van der Waals surface area contributed by atoms with Crippen molar-refractivity contribution >= 4 is 11.8 Å². The minimum Gasteiger partial charge on any atom is -0.380 e. The lowest BCUT2D eigenvalue weighted by Gasteiger charge is -2.31. The molecule has 0 aromatic carbocycles. The van der Waals surface area contributed by atoms with E-state index in [2.05, 4.69) is 22.2 Å². The van der Waals surface area contributed by atoms with E-state index < -0.39 is 0 Å². The molecule has 2 rings (SSSR count). The van der Waals surface area contributed by atoms with Crippen molar-refractivity contribution < 1.29 is 4.74 Å². The molecule has 1 saturated heterocycles. The first kappa shape index (κ1) is 12.0. The lowest BCUT2D eigenvalue weighted by atomic mass is 10.1. The number of H-pyrrole nitrogens is 1. The molecule has 0 bridgehead atoms. The summed E-state index contributed by atoms with van der Waals surface area (Å²) < 4.78 is 5.54. The number of aromatic nitrogens is 2. The highest BCUT2D eigenvalue weighted by Gasteiger charge is 2.26. The standard InChI is InChI=1S/C11H19N3OS/c1-2-4-12-9-3-7-15-8-10(9)16-11-13-5-6-14-11/h5-6,9-10,12H,2-4,7-8H2,1H3,(H,13,14). The molecular weight excluding hydrogens is 222 g/mol. The molecule has 16 heavy (non-hydrogen) atoms. The van der Waals surface area contributed by atoms with Gasteiger partial charge in [-0.1, -0.05) is 18.7 Å². The fraction of sp³-hybridized carbons (Fsp3) is 0.727. The molecule has 0 aliphatic carbocycles. The second-order valence-corrected chi connectivity index (χ2v) is 5.20. The van der Waals surface area contributed by atoms with E-state index in [0.717, 1.165) is 31.3 Å². The van der Waals surface area contributed by atoms with Crippen molar-refractivity contribution in [1.29, 1.82) is 0 Å². The van der Waals surface area contributed by atoms with Crippen LogP contribution in [-0.4, -0.2) is 41.0 Å². The number of hydrogen-bond donors (Lipinski definition) is 2. The van der Waals surface area contributed by atoms with Crippen molar-refractivity contribution in [2.45, 2.75) is 36.2 Å². The molecule has 5 heteroatoms. The topological polar surface area (TPSA) is 49.9 Å². The monoisotopic (exact) mass is 241 g/mol. The number of aromatic amines is 1. The van der Waals surface area contributed by atoms with Crippen LogP contribution in [0.15, 0.2) is 17.6 Å². The molecule has 2 atom stereocenters. The zero-order chi connectivity index (χ0) is 11.2. The smallest absolute Gasteiger partial charge is 0.165 e. The third-order valence-corrected chi connectivity index (χ3v) is 3.91. The average Bonchev–Trinajstić information content (AvgIpc) is 2.81. The maximum Gasteiger partial charge on any atom is 0.165 e. The van der Waals surface area contributed by atoms with Crippen molar-refractivity contribution in [3.8, 4) is 0 Å². The van der Waals surface area contributed by atoms with E-state index >= 15 is 0 Å². The molecule has 1 aliphatic heterocycles. The first-order valence-corrected chi connectivity index (χ1v) is 6.75. The van der Waals surface area contributed by atoms with Gasteiger partial charge in [0.25, 0.3) is 0 Å². The highest BCUT2D eigenvalue weighted by molar-refractivity contribution is 7.99. The molecule has 0 amide bonds. The van der Waals surface area contributed by atoms with E-state index in [1.807, 2.05) is 6.20 Å². The van der Waals surface area contributed by atoms with Crippen LogP contribution >= 0.6 is 11.8 Å². The Labute approximate surface area is 101 Å². The van der Waals surface area contributed by atoms with Gasteiger partial charge in [0.1, 0.15) is 0 Å². The van der Waals surface area contributed by atoms with Gasteiger partial charge in [0.15, 0.2) is 5.16 Å². The molecule has 1 aromatic rings. The number of imidazole rings is 1. The molecule has 4 nitrogen and oxygen atoms in total. The lowest BCUT2D eigenvalue weighted by Crippen LogP contribution is -2.45. The zero-order valence-corrected chi connectivity index (χ0v) is 10.4. The van der Waals surface area contributed by atoms with Gasteiger partial charge in [-0.15, -0.1) is 0 Å². The highest BCUT2D eigenvalue weighted by Crippen LogP contribution is 2.26. The Morgan fingerprint density at radius 2 is 2.62 bits per heavy atom. The van der Waals surface area contributed by atoms with Crippen molar-refractivity contribution in [2.24, 2.45) is 0 Å². The van der Waals surface area contributed by atoms with Crippen LogP contribution in [0.2, 0.25) is 0 Å². The Balaban J connectivity index is 1.88. The zero-order valence-electron chi connectivity index (χ0n) is 9.61. The van der Waals surface area contributed by atoms with Crippen molar-refractivity contribution in [3.63, 3.8) is 0 Å². The second kappa shape index (κ2) is 6.27. The van der Waals surface area contributed by atoms with Crippen LogP contribution < -0.4 is 5.32 Å². The van der Waals surface area contributed by atoms with E-state index in [1.165, 1.54) is 6.42 Å². The van der Waals surface area contributed by atoms with Gasteiger partial charge in [0, 0.05) is 25.0 Å². The number of thioether (sulfide) groups is 1. The molecule has 0 saturated carbocycles. The van der Waals surface area contributed by atoms with Crippen LogP contribution in [0.1, 0.15) is 19.8 Å². The molecule has 1 aliphatic rings. The minimum atomic E-state index is 0.464. The Hall–Kier alpha value is -0.520. The minimum absolute atomic E-state index is 0.464. The van der Waals surface area contributed by atoms with Crippen LogP contribution in [0.4, 0.5) is 0 Å². The van der Waals surface area contributed by atoms with Crippen molar-refractivity contribution in [1.82, 2.24) is 15.3 Å². The average molecular weight is 241 g/mol. The fourth-order valence-corrected chi connectivity index (χ4v) is 2.96. The summed E-state index contributed by atoms with van der Waals surface area (Å²) in [6.07, 6.45) is 5.93. The molecule has 2 N–H and O–H groups in total. The van der Waals surface area contributed by atoms with E-state index in [9.17, 15) is 0 Å². The molecule has 90 valence electrons. The molecule has 0 spiro atoms. The molecule has 1 aromatic heterocycles. The van der Waals surface area contributed by atoms with Gasteiger partial charge in [0.05, 0.1) is 11.9 Å². The quantitative estimate of drug-likeness (QED) is 0.823. The Bertz CT molecular complexity index is 291. The summed E-state index contributed by atoms with van der Waals surface area (Å²) in [6, 6.07) is 0.545. The molecule has 2 heterocycles. The Kier molecular flexibility index (Phi) is 4.69. The van der Waals surface area contributed by atoms with Gasteiger partial charge in [-0.05, 0) is 19.4 Å². The first-order chi connectivity index (χ1) is 7.90. The van der Waals surface area contributed by atoms with Crippen LogP contribution in [0.5, 0.6) is 0 Å². The van der Waals surface area contributed by atoms with Crippen molar-refractivity contribution in [2.75, 3.05) is 19.8 Å². The van der Waals surface area contributed by atoms with Gasteiger partial charge in [0.2, 0.25) is 0 Å². The largest absolute Gasteiger partial charge is 0.380 e. The maximum absolute atomic E-state index is 5.54. The number of hydrogen-bond acceptors (Lipinski definition) is 4. The summed E-state index contributed by atoms with van der Waals surface area (Å²) in [5.74, 6) is 0. The molecule has 2 unspecified atom stereocenters. The first-order valence-electron chi connectivity index (χ1n) is 5.87. The van der Waals surface area contributed by atoms with Gasteiger partial charge in [-0.2, -0.15) is 0 Å². The SMILES string of the molecule is CCCNC1CCOCC1Sc1ncc[nH]1. The molecule has 1 fully saturated rings. The van der Waals surface area contributed by atoms with E-state index in [-0.39, 0.29) is 0 Å². The van der Waals surface area contributed by atoms with Crippen LogP contribution in [-0.2, 0) is 4.74 Å². The fourth-order valence-electron chi connectivity index (χ4n) is 1.85. The van der Waals surface area contributed by atoms with Crippen LogP contribution in [0, 0.1) is 0 Å². The van der Waals surface area contributed by atoms with E-state index in [0.29, 0.717) is 11.3 Å². The van der Waals surface area contributed by atoms with Gasteiger partial charge >= 0.3 is 0 Å². The predicted molar refractivity (Wildman–Crippen MR) is 65.8 cm³/mol. The number of nitrogens with one attached hydrogen (secondary N) is 2. The normalized spacial score (nSPS) is 25.8. The summed E-state index contributed by atoms with van der Waals surface area (Å²) in [5.41, 5.74) is 0.